The second kappa shape index (κ2) is 10.00. The van der Waals surface area contributed by atoms with Crippen molar-refractivity contribution in [3.63, 3.8) is 0 Å². The van der Waals surface area contributed by atoms with E-state index in [0.29, 0.717) is 13.2 Å². The van der Waals surface area contributed by atoms with Crippen LogP contribution in [0.3, 0.4) is 0 Å². The molecule has 0 atom stereocenters. The Balaban J connectivity index is 2.47. The maximum absolute atomic E-state index is 13.2. The average molecular weight is 340 g/mol. The molecule has 134 valence electrons. The number of hydrogen-bond donors (Lipinski definition) is 0. The van der Waals surface area contributed by atoms with Gasteiger partial charge in [-0.05, 0) is 24.0 Å². The highest BCUT2D eigenvalue weighted by Gasteiger charge is 2.44. The molecule has 2 rings (SSSR count). The minimum atomic E-state index is -1.22. The summed E-state index contributed by atoms with van der Waals surface area (Å²) in [7, 11) is 0. The summed E-state index contributed by atoms with van der Waals surface area (Å²) in [5.41, 5.74) is 0.392. The minimum Gasteiger partial charge on any atom is -0.463 e. The van der Waals surface area contributed by atoms with Gasteiger partial charge in [-0.1, -0.05) is 87.4 Å². The quantitative estimate of drug-likeness (QED) is 0.446. The van der Waals surface area contributed by atoms with Gasteiger partial charge in [-0.25, -0.2) is 4.79 Å². The van der Waals surface area contributed by atoms with Crippen LogP contribution < -0.4 is 0 Å². The Hall–Kier alpha value is -2.13. The van der Waals surface area contributed by atoms with Crippen LogP contribution in [-0.4, -0.2) is 19.2 Å². The van der Waals surface area contributed by atoms with E-state index in [0.717, 1.165) is 36.8 Å². The molecule has 0 saturated heterocycles. The zero-order chi connectivity index (χ0) is 18.0. The third-order valence-corrected chi connectivity index (χ3v) is 4.20. The van der Waals surface area contributed by atoms with Crippen molar-refractivity contribution in [1.82, 2.24) is 0 Å². The lowest BCUT2D eigenvalue weighted by Crippen LogP contribution is -2.42. The number of hydrogen-bond acceptors (Lipinski definition) is 3. The summed E-state index contributed by atoms with van der Waals surface area (Å²) in [5.74, 6) is -0.338. The number of carbonyl (C=O) groups excluding carboxylic acids is 1. The molecule has 0 heterocycles. The van der Waals surface area contributed by atoms with Crippen LogP contribution in [0.4, 0.5) is 0 Å². The van der Waals surface area contributed by atoms with Crippen LogP contribution in [0.25, 0.3) is 0 Å². The summed E-state index contributed by atoms with van der Waals surface area (Å²) in [5, 5.41) is 0. The third kappa shape index (κ3) is 4.70. The van der Waals surface area contributed by atoms with Crippen molar-refractivity contribution >= 4 is 5.97 Å². The van der Waals surface area contributed by atoms with E-state index in [-0.39, 0.29) is 5.97 Å². The average Bonchev–Trinajstić information content (AvgIpc) is 2.67. The highest BCUT2D eigenvalue weighted by Crippen LogP contribution is 2.35. The molecular weight excluding hydrogens is 312 g/mol. The Morgan fingerprint density at radius 1 is 0.800 bits per heavy atom. The van der Waals surface area contributed by atoms with Gasteiger partial charge < -0.3 is 9.47 Å². The van der Waals surface area contributed by atoms with Crippen LogP contribution in [0, 0.1) is 0 Å². The summed E-state index contributed by atoms with van der Waals surface area (Å²) in [6, 6.07) is 19.3. The smallest absolute Gasteiger partial charge is 0.347 e. The predicted octanol–water partition coefficient (Wildman–Crippen LogP) is 5.09. The second-order valence-electron chi connectivity index (χ2n) is 6.10. The molecular formula is C22H28O3. The summed E-state index contributed by atoms with van der Waals surface area (Å²) in [4.78, 5) is 13.2. The van der Waals surface area contributed by atoms with E-state index in [1.54, 1.807) is 0 Å². The Kier molecular flexibility index (Phi) is 7.68. The van der Waals surface area contributed by atoms with Gasteiger partial charge in [0.25, 0.3) is 0 Å². The van der Waals surface area contributed by atoms with E-state index >= 15 is 0 Å². The van der Waals surface area contributed by atoms with E-state index in [2.05, 4.69) is 13.8 Å². The molecule has 0 saturated carbocycles. The molecule has 0 unspecified atom stereocenters. The first-order chi connectivity index (χ1) is 12.3. The molecule has 25 heavy (non-hydrogen) atoms. The van der Waals surface area contributed by atoms with Crippen LogP contribution in [0.15, 0.2) is 60.7 Å². The molecule has 0 aromatic heterocycles. The first kappa shape index (κ1) is 19.2. The first-order valence-corrected chi connectivity index (χ1v) is 9.18. The fourth-order valence-electron chi connectivity index (χ4n) is 2.75. The van der Waals surface area contributed by atoms with Crippen molar-refractivity contribution in [3.05, 3.63) is 71.8 Å². The molecule has 0 amide bonds. The van der Waals surface area contributed by atoms with Gasteiger partial charge in [0, 0.05) is 6.61 Å². The lowest BCUT2D eigenvalue weighted by atomic mass is 9.86. The maximum Gasteiger partial charge on any atom is 0.347 e. The van der Waals surface area contributed by atoms with Crippen molar-refractivity contribution in [1.29, 1.82) is 0 Å². The topological polar surface area (TPSA) is 35.5 Å². The standard InChI is InChI=1S/C22H28O3/c1-3-5-17-24-21(23)22(25-18-6-4-2,19-13-9-7-10-14-19)20-15-11-8-12-16-20/h7-16H,3-6,17-18H2,1-2H3. The largest absolute Gasteiger partial charge is 0.463 e. The highest BCUT2D eigenvalue weighted by atomic mass is 16.6. The molecule has 0 N–H and O–H groups in total. The van der Waals surface area contributed by atoms with E-state index in [1.807, 2.05) is 60.7 Å². The number of benzene rings is 2. The summed E-state index contributed by atoms with van der Waals surface area (Å²) in [6.07, 6.45) is 3.72. The normalized spacial score (nSPS) is 11.3. The van der Waals surface area contributed by atoms with Gasteiger partial charge >= 0.3 is 5.97 Å². The van der Waals surface area contributed by atoms with E-state index < -0.39 is 5.60 Å². The van der Waals surface area contributed by atoms with Crippen molar-refractivity contribution in [2.45, 2.75) is 45.1 Å². The van der Waals surface area contributed by atoms with Crippen LogP contribution in [-0.2, 0) is 19.9 Å². The highest BCUT2D eigenvalue weighted by molar-refractivity contribution is 5.85. The molecule has 3 heteroatoms. The molecule has 3 nitrogen and oxygen atoms in total. The number of ether oxygens (including phenoxy) is 2. The Morgan fingerprint density at radius 3 is 1.76 bits per heavy atom. The summed E-state index contributed by atoms with van der Waals surface area (Å²) < 4.78 is 11.9. The van der Waals surface area contributed by atoms with E-state index in [9.17, 15) is 4.79 Å². The first-order valence-electron chi connectivity index (χ1n) is 9.18. The van der Waals surface area contributed by atoms with Crippen molar-refractivity contribution in [2.24, 2.45) is 0 Å². The molecule has 2 aromatic carbocycles. The van der Waals surface area contributed by atoms with Crippen LogP contribution in [0.2, 0.25) is 0 Å². The van der Waals surface area contributed by atoms with Gasteiger partial charge in [0.2, 0.25) is 5.60 Å². The fraction of sp³-hybridized carbons (Fsp3) is 0.409. The third-order valence-electron chi connectivity index (χ3n) is 4.20. The Labute approximate surface area is 151 Å². The molecule has 0 spiro atoms. The number of carbonyl (C=O) groups is 1. The molecule has 0 fully saturated rings. The van der Waals surface area contributed by atoms with Gasteiger partial charge in [0.05, 0.1) is 6.61 Å². The monoisotopic (exact) mass is 340 g/mol. The zero-order valence-corrected chi connectivity index (χ0v) is 15.2. The van der Waals surface area contributed by atoms with Crippen molar-refractivity contribution in [3.8, 4) is 0 Å². The molecule has 0 bridgehead atoms. The summed E-state index contributed by atoms with van der Waals surface area (Å²) in [6.45, 7) is 5.10. The molecule has 0 radical (unpaired) electrons. The van der Waals surface area contributed by atoms with Crippen molar-refractivity contribution < 1.29 is 14.3 Å². The van der Waals surface area contributed by atoms with Crippen molar-refractivity contribution in [2.75, 3.05) is 13.2 Å². The van der Waals surface area contributed by atoms with Crippen LogP contribution >= 0.6 is 0 Å². The van der Waals surface area contributed by atoms with Gasteiger partial charge in [-0.2, -0.15) is 0 Å². The lowest BCUT2D eigenvalue weighted by Gasteiger charge is -2.32. The van der Waals surface area contributed by atoms with Gasteiger partial charge in [-0.15, -0.1) is 0 Å². The minimum absolute atomic E-state index is 0.338. The van der Waals surface area contributed by atoms with Gasteiger partial charge in [0.15, 0.2) is 0 Å². The molecule has 0 aliphatic heterocycles. The number of esters is 1. The second-order valence-corrected chi connectivity index (χ2v) is 6.10. The van der Waals surface area contributed by atoms with Gasteiger partial charge in [-0.3, -0.25) is 0 Å². The molecule has 2 aromatic rings. The van der Waals surface area contributed by atoms with Crippen LogP contribution in [0.1, 0.15) is 50.7 Å². The summed E-state index contributed by atoms with van der Waals surface area (Å²) >= 11 is 0. The van der Waals surface area contributed by atoms with Gasteiger partial charge in [0.1, 0.15) is 0 Å². The van der Waals surface area contributed by atoms with E-state index in [1.165, 1.54) is 0 Å². The SMILES string of the molecule is CCCCOC(=O)C(OCCCC)(c1ccccc1)c1ccccc1. The lowest BCUT2D eigenvalue weighted by molar-refractivity contribution is -0.169. The van der Waals surface area contributed by atoms with Crippen LogP contribution in [0.5, 0.6) is 0 Å². The number of unbranched alkanes of at least 4 members (excludes halogenated alkanes) is 2. The number of rotatable bonds is 10. The maximum atomic E-state index is 13.2. The molecule has 0 aliphatic carbocycles. The van der Waals surface area contributed by atoms with E-state index in [4.69, 9.17) is 9.47 Å². The fourth-order valence-corrected chi connectivity index (χ4v) is 2.75. The Morgan fingerprint density at radius 2 is 1.28 bits per heavy atom. The zero-order valence-electron chi connectivity index (χ0n) is 15.2. The molecule has 0 aliphatic rings. The Bertz CT molecular complexity index is 583. The predicted molar refractivity (Wildman–Crippen MR) is 100 cm³/mol.